The summed E-state index contributed by atoms with van der Waals surface area (Å²) in [5.74, 6) is 0.698. The van der Waals surface area contributed by atoms with E-state index in [-0.39, 0.29) is 0 Å². The first-order valence-corrected chi connectivity index (χ1v) is 5.46. The van der Waals surface area contributed by atoms with E-state index in [0.29, 0.717) is 12.3 Å². The smallest absolute Gasteiger partial charge is 0.0669 e. The van der Waals surface area contributed by atoms with Crippen LogP contribution in [0.4, 0.5) is 5.69 Å². The Morgan fingerprint density at radius 1 is 1.33 bits per heavy atom. The van der Waals surface area contributed by atoms with Crippen molar-refractivity contribution in [3.63, 3.8) is 0 Å². The highest BCUT2D eigenvalue weighted by Gasteiger charge is 1.98. The van der Waals surface area contributed by atoms with Gasteiger partial charge in [0, 0.05) is 12.2 Å². The van der Waals surface area contributed by atoms with Gasteiger partial charge in [0.05, 0.1) is 12.5 Å². The number of benzene rings is 1. The number of rotatable bonds is 5. The Balaban J connectivity index is 2.46. The summed E-state index contributed by atoms with van der Waals surface area (Å²) in [4.78, 5) is 0. The highest BCUT2D eigenvalue weighted by atomic mass is 14.9. The van der Waals surface area contributed by atoms with Crippen LogP contribution in [0, 0.1) is 17.2 Å². The molecule has 0 amide bonds. The second kappa shape index (κ2) is 6.08. The van der Waals surface area contributed by atoms with E-state index >= 15 is 0 Å². The summed E-state index contributed by atoms with van der Waals surface area (Å²) in [6, 6.07) is 10.2. The van der Waals surface area contributed by atoms with Gasteiger partial charge in [0.1, 0.15) is 0 Å². The standard InChI is InChI=1S/C13H18N2/c1-3-11(2)10-15-13-6-4-12(5-7-13)8-9-14/h4-7,11,15H,3,8,10H2,1-2H3. The second-order valence-electron chi connectivity index (χ2n) is 3.93. The van der Waals surface area contributed by atoms with Crippen molar-refractivity contribution in [2.24, 2.45) is 5.92 Å². The molecule has 1 rings (SSSR count). The van der Waals surface area contributed by atoms with Crippen LogP contribution in [0.5, 0.6) is 0 Å². The SMILES string of the molecule is CCC(C)CNc1ccc(CC#N)cc1. The molecule has 1 unspecified atom stereocenters. The molecule has 0 aromatic heterocycles. The lowest BCUT2D eigenvalue weighted by molar-refractivity contribution is 0.593. The van der Waals surface area contributed by atoms with Crippen molar-refractivity contribution >= 4 is 5.69 Å². The second-order valence-corrected chi connectivity index (χ2v) is 3.93. The van der Waals surface area contributed by atoms with Crippen molar-refractivity contribution < 1.29 is 0 Å². The van der Waals surface area contributed by atoms with E-state index in [0.717, 1.165) is 17.8 Å². The van der Waals surface area contributed by atoms with Gasteiger partial charge in [0.2, 0.25) is 0 Å². The molecule has 0 saturated heterocycles. The van der Waals surface area contributed by atoms with Crippen molar-refractivity contribution in [1.29, 1.82) is 5.26 Å². The van der Waals surface area contributed by atoms with Gasteiger partial charge in [0.25, 0.3) is 0 Å². The maximum Gasteiger partial charge on any atom is 0.0669 e. The average Bonchev–Trinajstić information content (AvgIpc) is 2.28. The zero-order valence-corrected chi connectivity index (χ0v) is 9.46. The lowest BCUT2D eigenvalue weighted by Crippen LogP contribution is -2.09. The monoisotopic (exact) mass is 202 g/mol. The number of hydrogen-bond donors (Lipinski definition) is 1. The molecule has 1 N–H and O–H groups in total. The van der Waals surface area contributed by atoms with Crippen molar-refractivity contribution in [2.45, 2.75) is 26.7 Å². The van der Waals surface area contributed by atoms with Crippen LogP contribution in [-0.2, 0) is 6.42 Å². The molecule has 1 aromatic rings. The summed E-state index contributed by atoms with van der Waals surface area (Å²) >= 11 is 0. The quantitative estimate of drug-likeness (QED) is 0.795. The van der Waals surface area contributed by atoms with E-state index < -0.39 is 0 Å². The summed E-state index contributed by atoms with van der Waals surface area (Å²) in [6.07, 6.45) is 1.69. The summed E-state index contributed by atoms with van der Waals surface area (Å²) in [6.45, 7) is 5.44. The Kier molecular flexibility index (Phi) is 4.70. The molecule has 0 aliphatic carbocycles. The molecule has 2 nitrogen and oxygen atoms in total. The number of anilines is 1. The Morgan fingerprint density at radius 3 is 2.53 bits per heavy atom. The number of nitrogens with one attached hydrogen (secondary N) is 1. The molecule has 1 atom stereocenters. The van der Waals surface area contributed by atoms with Crippen molar-refractivity contribution in [3.8, 4) is 6.07 Å². The van der Waals surface area contributed by atoms with Crippen LogP contribution in [-0.4, -0.2) is 6.54 Å². The fourth-order valence-corrected chi connectivity index (χ4v) is 1.27. The summed E-state index contributed by atoms with van der Waals surface area (Å²) in [5.41, 5.74) is 2.21. The van der Waals surface area contributed by atoms with Gasteiger partial charge in [-0.25, -0.2) is 0 Å². The van der Waals surface area contributed by atoms with Gasteiger partial charge in [0.15, 0.2) is 0 Å². The normalized spacial score (nSPS) is 11.8. The Hall–Kier alpha value is -1.49. The van der Waals surface area contributed by atoms with Gasteiger partial charge in [-0.15, -0.1) is 0 Å². The van der Waals surface area contributed by atoms with Crippen LogP contribution in [0.25, 0.3) is 0 Å². The molecule has 1 aromatic carbocycles. The maximum absolute atomic E-state index is 8.53. The van der Waals surface area contributed by atoms with E-state index in [2.05, 4.69) is 25.2 Å². The molecule has 80 valence electrons. The first kappa shape index (κ1) is 11.6. The van der Waals surface area contributed by atoms with Crippen LogP contribution in [0.1, 0.15) is 25.8 Å². The van der Waals surface area contributed by atoms with Crippen LogP contribution >= 0.6 is 0 Å². The molecular formula is C13H18N2. The Morgan fingerprint density at radius 2 is 2.00 bits per heavy atom. The maximum atomic E-state index is 8.53. The lowest BCUT2D eigenvalue weighted by Gasteiger charge is -2.11. The molecule has 0 bridgehead atoms. The lowest BCUT2D eigenvalue weighted by atomic mass is 10.1. The van der Waals surface area contributed by atoms with Crippen LogP contribution in [0.15, 0.2) is 24.3 Å². The molecule has 15 heavy (non-hydrogen) atoms. The first-order chi connectivity index (χ1) is 7.26. The minimum absolute atomic E-state index is 0.492. The van der Waals surface area contributed by atoms with Gasteiger partial charge in [-0.3, -0.25) is 0 Å². The van der Waals surface area contributed by atoms with Gasteiger partial charge >= 0.3 is 0 Å². The predicted molar refractivity (Wildman–Crippen MR) is 63.7 cm³/mol. The average molecular weight is 202 g/mol. The minimum Gasteiger partial charge on any atom is -0.385 e. The van der Waals surface area contributed by atoms with Crippen molar-refractivity contribution in [3.05, 3.63) is 29.8 Å². The van der Waals surface area contributed by atoms with Crippen molar-refractivity contribution in [1.82, 2.24) is 0 Å². The fraction of sp³-hybridized carbons (Fsp3) is 0.462. The molecule has 0 heterocycles. The molecular weight excluding hydrogens is 184 g/mol. The summed E-state index contributed by atoms with van der Waals surface area (Å²) in [7, 11) is 0. The molecule has 0 radical (unpaired) electrons. The molecule has 0 aliphatic heterocycles. The van der Waals surface area contributed by atoms with Gasteiger partial charge in [-0.05, 0) is 23.6 Å². The van der Waals surface area contributed by atoms with E-state index in [4.69, 9.17) is 5.26 Å². The van der Waals surface area contributed by atoms with Gasteiger partial charge in [-0.2, -0.15) is 5.26 Å². The largest absolute Gasteiger partial charge is 0.385 e. The Bertz CT molecular complexity index is 321. The third kappa shape index (κ3) is 4.03. The summed E-state index contributed by atoms with van der Waals surface area (Å²) < 4.78 is 0. The van der Waals surface area contributed by atoms with E-state index in [1.165, 1.54) is 6.42 Å². The molecule has 0 spiro atoms. The molecule has 0 fully saturated rings. The zero-order chi connectivity index (χ0) is 11.1. The Labute approximate surface area is 91.9 Å². The molecule has 0 saturated carbocycles. The van der Waals surface area contributed by atoms with E-state index in [9.17, 15) is 0 Å². The van der Waals surface area contributed by atoms with E-state index in [1.807, 2.05) is 24.3 Å². The number of nitriles is 1. The van der Waals surface area contributed by atoms with Gasteiger partial charge in [-0.1, -0.05) is 32.4 Å². The molecule has 0 aliphatic rings. The van der Waals surface area contributed by atoms with E-state index in [1.54, 1.807) is 0 Å². The van der Waals surface area contributed by atoms with Crippen LogP contribution in [0.2, 0.25) is 0 Å². The highest BCUT2D eigenvalue weighted by Crippen LogP contribution is 2.11. The third-order valence-electron chi connectivity index (χ3n) is 2.59. The third-order valence-corrected chi connectivity index (χ3v) is 2.59. The highest BCUT2D eigenvalue weighted by molar-refractivity contribution is 5.44. The summed E-state index contributed by atoms with van der Waals surface area (Å²) in [5, 5.41) is 11.9. The topological polar surface area (TPSA) is 35.8 Å². The molecule has 2 heteroatoms. The van der Waals surface area contributed by atoms with Crippen LogP contribution < -0.4 is 5.32 Å². The van der Waals surface area contributed by atoms with Crippen LogP contribution in [0.3, 0.4) is 0 Å². The number of nitrogens with zero attached hydrogens (tertiary/aromatic N) is 1. The zero-order valence-electron chi connectivity index (χ0n) is 9.46. The fourth-order valence-electron chi connectivity index (χ4n) is 1.27. The number of hydrogen-bond acceptors (Lipinski definition) is 2. The van der Waals surface area contributed by atoms with Gasteiger partial charge < -0.3 is 5.32 Å². The predicted octanol–water partition coefficient (Wildman–Crippen LogP) is 3.21. The minimum atomic E-state index is 0.492. The first-order valence-electron chi connectivity index (χ1n) is 5.46. The van der Waals surface area contributed by atoms with Crippen molar-refractivity contribution in [2.75, 3.05) is 11.9 Å².